The van der Waals surface area contributed by atoms with Gasteiger partial charge in [0.2, 0.25) is 5.91 Å². The van der Waals surface area contributed by atoms with Gasteiger partial charge in [-0.1, -0.05) is 103 Å². The van der Waals surface area contributed by atoms with Crippen LogP contribution in [0.25, 0.3) is 0 Å². The Morgan fingerprint density at radius 3 is 1.57 bits per heavy atom. The standard InChI is InChI=1S/C26H49NO3/c1-4-7-8-9-10-11-12-13-14-15-16-17-18-19-20-21-22-24(23-25(28)29)26(30)27(5-2)6-3/h21-22,24H,4-20,23H2,1-3H3,(H,28,29)/b22-21+. The van der Waals surface area contributed by atoms with Crippen molar-refractivity contribution < 1.29 is 14.7 Å². The van der Waals surface area contributed by atoms with Gasteiger partial charge in [-0.3, -0.25) is 9.59 Å². The van der Waals surface area contributed by atoms with E-state index in [4.69, 9.17) is 5.11 Å². The Hall–Kier alpha value is -1.32. The number of carbonyl (C=O) groups excluding carboxylic acids is 1. The monoisotopic (exact) mass is 423 g/mol. The number of amides is 1. The van der Waals surface area contributed by atoms with Crippen LogP contribution in [0.15, 0.2) is 12.2 Å². The number of carboxylic acids is 1. The van der Waals surface area contributed by atoms with Crippen LogP contribution in [0.1, 0.15) is 124 Å². The number of carboxylic acid groups (broad SMARTS) is 1. The Kier molecular flexibility index (Phi) is 20.0. The van der Waals surface area contributed by atoms with Gasteiger partial charge in [0.05, 0.1) is 12.3 Å². The summed E-state index contributed by atoms with van der Waals surface area (Å²) >= 11 is 0. The summed E-state index contributed by atoms with van der Waals surface area (Å²) in [5, 5.41) is 9.09. The summed E-state index contributed by atoms with van der Waals surface area (Å²) in [4.78, 5) is 25.2. The lowest BCUT2D eigenvalue weighted by atomic mass is 10.0. The predicted octanol–water partition coefficient (Wildman–Crippen LogP) is 7.37. The third-order valence-electron chi connectivity index (χ3n) is 5.88. The van der Waals surface area contributed by atoms with Gasteiger partial charge in [-0.05, 0) is 26.7 Å². The highest BCUT2D eigenvalue weighted by molar-refractivity contribution is 5.84. The second-order valence-electron chi connectivity index (χ2n) is 8.53. The largest absolute Gasteiger partial charge is 0.481 e. The minimum absolute atomic E-state index is 0.0698. The minimum atomic E-state index is -0.915. The quantitative estimate of drug-likeness (QED) is 0.155. The third kappa shape index (κ3) is 16.5. The van der Waals surface area contributed by atoms with E-state index >= 15 is 0 Å². The summed E-state index contributed by atoms with van der Waals surface area (Å²) in [6.45, 7) is 7.37. The van der Waals surface area contributed by atoms with E-state index in [0.717, 1.165) is 12.8 Å². The molecule has 0 rings (SSSR count). The number of nitrogens with zero attached hydrogens (tertiary/aromatic N) is 1. The Labute approximate surface area is 186 Å². The van der Waals surface area contributed by atoms with Crippen molar-refractivity contribution in [1.82, 2.24) is 4.90 Å². The molecular formula is C26H49NO3. The van der Waals surface area contributed by atoms with Gasteiger partial charge in [0.15, 0.2) is 0 Å². The molecule has 0 fully saturated rings. The van der Waals surface area contributed by atoms with Crippen LogP contribution >= 0.6 is 0 Å². The first-order chi connectivity index (χ1) is 14.6. The first kappa shape index (κ1) is 28.7. The molecule has 176 valence electrons. The normalized spacial score (nSPS) is 12.4. The molecule has 0 aliphatic heterocycles. The SMILES string of the molecule is CCCCCCCCCCCCCCCC/C=C/C(CC(=O)O)C(=O)N(CC)CC. The highest BCUT2D eigenvalue weighted by atomic mass is 16.4. The van der Waals surface area contributed by atoms with E-state index in [1.807, 2.05) is 26.0 Å². The van der Waals surface area contributed by atoms with Crippen molar-refractivity contribution in [2.24, 2.45) is 5.92 Å². The molecule has 0 radical (unpaired) electrons. The summed E-state index contributed by atoms with van der Waals surface area (Å²) in [5.74, 6) is -1.52. The molecule has 0 aliphatic carbocycles. The van der Waals surface area contributed by atoms with E-state index < -0.39 is 11.9 Å². The van der Waals surface area contributed by atoms with E-state index in [1.165, 1.54) is 83.5 Å². The summed E-state index contributed by atoms with van der Waals surface area (Å²) in [7, 11) is 0. The molecule has 0 heterocycles. The lowest BCUT2D eigenvalue weighted by Crippen LogP contribution is -2.36. The molecular weight excluding hydrogens is 374 g/mol. The number of allylic oxidation sites excluding steroid dienone is 1. The molecule has 0 aromatic rings. The average molecular weight is 424 g/mol. The van der Waals surface area contributed by atoms with Gasteiger partial charge < -0.3 is 10.0 Å². The number of hydrogen-bond acceptors (Lipinski definition) is 2. The van der Waals surface area contributed by atoms with Crippen LogP contribution in [0.2, 0.25) is 0 Å². The number of carbonyl (C=O) groups is 2. The number of hydrogen-bond donors (Lipinski definition) is 1. The van der Waals surface area contributed by atoms with E-state index in [2.05, 4.69) is 6.92 Å². The Morgan fingerprint density at radius 1 is 0.733 bits per heavy atom. The molecule has 0 saturated carbocycles. The molecule has 1 N–H and O–H groups in total. The number of aliphatic carboxylic acids is 1. The highest BCUT2D eigenvalue weighted by Crippen LogP contribution is 2.15. The van der Waals surface area contributed by atoms with Crippen LogP contribution in [-0.4, -0.2) is 35.0 Å². The summed E-state index contributed by atoms with van der Waals surface area (Å²) in [6.07, 6.45) is 23.5. The predicted molar refractivity (Wildman–Crippen MR) is 128 cm³/mol. The van der Waals surface area contributed by atoms with E-state index in [1.54, 1.807) is 4.90 Å². The van der Waals surface area contributed by atoms with Crippen molar-refractivity contribution in [3.63, 3.8) is 0 Å². The van der Waals surface area contributed by atoms with Gasteiger partial charge in [0, 0.05) is 13.1 Å². The van der Waals surface area contributed by atoms with Crippen molar-refractivity contribution in [1.29, 1.82) is 0 Å². The van der Waals surface area contributed by atoms with Gasteiger partial charge in [0.25, 0.3) is 0 Å². The van der Waals surface area contributed by atoms with Crippen LogP contribution in [0.3, 0.4) is 0 Å². The second kappa shape index (κ2) is 20.9. The lowest BCUT2D eigenvalue weighted by Gasteiger charge is -2.22. The molecule has 1 unspecified atom stereocenters. The third-order valence-corrected chi connectivity index (χ3v) is 5.88. The van der Waals surface area contributed by atoms with Gasteiger partial charge in [-0.15, -0.1) is 0 Å². The molecule has 1 atom stereocenters. The van der Waals surface area contributed by atoms with Gasteiger partial charge >= 0.3 is 5.97 Å². The molecule has 0 aliphatic rings. The molecule has 0 bridgehead atoms. The van der Waals surface area contributed by atoms with E-state index in [0.29, 0.717) is 13.1 Å². The Morgan fingerprint density at radius 2 is 1.17 bits per heavy atom. The maximum atomic E-state index is 12.4. The first-order valence-corrected chi connectivity index (χ1v) is 12.7. The maximum absolute atomic E-state index is 12.4. The number of rotatable bonds is 21. The lowest BCUT2D eigenvalue weighted by molar-refractivity contribution is -0.143. The van der Waals surface area contributed by atoms with Gasteiger partial charge in [-0.25, -0.2) is 0 Å². The topological polar surface area (TPSA) is 57.6 Å². The maximum Gasteiger partial charge on any atom is 0.304 e. The van der Waals surface area contributed by atoms with Gasteiger partial charge in [-0.2, -0.15) is 0 Å². The van der Waals surface area contributed by atoms with Crippen molar-refractivity contribution in [3.05, 3.63) is 12.2 Å². The Bertz CT molecular complexity index is 444. The smallest absolute Gasteiger partial charge is 0.304 e. The van der Waals surface area contributed by atoms with E-state index in [-0.39, 0.29) is 12.3 Å². The zero-order valence-electron chi connectivity index (χ0n) is 20.2. The zero-order valence-corrected chi connectivity index (χ0v) is 20.2. The van der Waals surface area contributed by atoms with Crippen molar-refractivity contribution in [2.75, 3.05) is 13.1 Å². The average Bonchev–Trinajstić information content (AvgIpc) is 2.73. The van der Waals surface area contributed by atoms with Crippen molar-refractivity contribution in [3.8, 4) is 0 Å². The zero-order chi connectivity index (χ0) is 22.5. The van der Waals surface area contributed by atoms with E-state index in [9.17, 15) is 9.59 Å². The molecule has 1 amide bonds. The number of unbranched alkanes of at least 4 members (excludes halogenated alkanes) is 14. The fraction of sp³-hybridized carbons (Fsp3) is 0.846. The second-order valence-corrected chi connectivity index (χ2v) is 8.53. The fourth-order valence-electron chi connectivity index (χ4n) is 3.91. The molecule has 4 nitrogen and oxygen atoms in total. The molecule has 0 saturated heterocycles. The van der Waals surface area contributed by atoms with Crippen LogP contribution < -0.4 is 0 Å². The Balaban J connectivity index is 3.73. The van der Waals surface area contributed by atoms with Crippen LogP contribution in [0, 0.1) is 5.92 Å². The van der Waals surface area contributed by atoms with Crippen molar-refractivity contribution >= 4 is 11.9 Å². The minimum Gasteiger partial charge on any atom is -0.481 e. The molecule has 30 heavy (non-hydrogen) atoms. The van der Waals surface area contributed by atoms with Crippen LogP contribution in [0.5, 0.6) is 0 Å². The van der Waals surface area contributed by atoms with Crippen molar-refractivity contribution in [2.45, 2.75) is 124 Å². The molecule has 0 aromatic heterocycles. The van der Waals surface area contributed by atoms with Gasteiger partial charge in [0.1, 0.15) is 0 Å². The molecule has 0 spiro atoms. The summed E-state index contributed by atoms with van der Waals surface area (Å²) in [5.41, 5.74) is 0. The first-order valence-electron chi connectivity index (χ1n) is 12.7. The summed E-state index contributed by atoms with van der Waals surface area (Å²) in [6, 6.07) is 0. The molecule has 4 heteroatoms. The van der Waals surface area contributed by atoms with Crippen LogP contribution in [0.4, 0.5) is 0 Å². The highest BCUT2D eigenvalue weighted by Gasteiger charge is 2.22. The molecule has 0 aromatic carbocycles. The van der Waals surface area contributed by atoms with Crippen LogP contribution in [-0.2, 0) is 9.59 Å². The fourth-order valence-corrected chi connectivity index (χ4v) is 3.91. The summed E-state index contributed by atoms with van der Waals surface area (Å²) < 4.78 is 0.